The van der Waals surface area contributed by atoms with Crippen LogP contribution in [0.15, 0.2) is 40.7 Å². The van der Waals surface area contributed by atoms with Gasteiger partial charge in [-0.3, -0.25) is 4.99 Å². The third-order valence-electron chi connectivity index (χ3n) is 3.63. The largest absolute Gasteiger partial charge is 0.434 e. The Morgan fingerprint density at radius 3 is 2.48 bits per heavy atom. The van der Waals surface area contributed by atoms with Gasteiger partial charge < -0.3 is 10.6 Å². The first kappa shape index (κ1) is 25.6. The van der Waals surface area contributed by atoms with Crippen molar-refractivity contribution in [3.63, 3.8) is 0 Å². The third-order valence-corrected chi connectivity index (χ3v) is 6.16. The van der Waals surface area contributed by atoms with Gasteiger partial charge in [0.15, 0.2) is 21.5 Å². The topological polar surface area (TPSA) is 83.5 Å². The van der Waals surface area contributed by atoms with Crippen molar-refractivity contribution in [2.24, 2.45) is 4.99 Å². The predicted molar refractivity (Wildman–Crippen MR) is 119 cm³/mol. The van der Waals surface area contributed by atoms with Crippen LogP contribution < -0.4 is 10.6 Å². The highest BCUT2D eigenvalue weighted by Gasteiger charge is 2.33. The SMILES string of the molecule is CN=C(NCCCS(=O)(=O)Cc1ccccc1)NCc1nc(C(F)(F)F)cs1.I. The minimum atomic E-state index is -4.46. The number of guanidine groups is 1. The highest BCUT2D eigenvalue weighted by atomic mass is 127. The Hall–Kier alpha value is -1.41. The molecule has 162 valence electrons. The molecule has 29 heavy (non-hydrogen) atoms. The molecule has 0 spiro atoms. The van der Waals surface area contributed by atoms with Crippen molar-refractivity contribution in [1.29, 1.82) is 0 Å². The number of halogens is 4. The molecule has 0 saturated heterocycles. The van der Waals surface area contributed by atoms with Gasteiger partial charge in [0.1, 0.15) is 5.01 Å². The summed E-state index contributed by atoms with van der Waals surface area (Å²) in [5.74, 6) is 0.379. The number of aliphatic imine (C=N–C) groups is 1. The Morgan fingerprint density at radius 2 is 1.90 bits per heavy atom. The fourth-order valence-corrected chi connectivity index (χ4v) is 4.47. The van der Waals surface area contributed by atoms with Crippen LogP contribution in [0.4, 0.5) is 13.2 Å². The molecule has 0 aliphatic carbocycles. The number of thiazole rings is 1. The van der Waals surface area contributed by atoms with Crippen LogP contribution in [0.25, 0.3) is 0 Å². The van der Waals surface area contributed by atoms with Crippen LogP contribution in [0.2, 0.25) is 0 Å². The highest BCUT2D eigenvalue weighted by molar-refractivity contribution is 14.0. The van der Waals surface area contributed by atoms with Crippen molar-refractivity contribution < 1.29 is 21.6 Å². The van der Waals surface area contributed by atoms with Gasteiger partial charge in [0.25, 0.3) is 0 Å². The number of sulfone groups is 1. The highest BCUT2D eigenvalue weighted by Crippen LogP contribution is 2.29. The smallest absolute Gasteiger partial charge is 0.356 e. The molecule has 12 heteroatoms. The maximum absolute atomic E-state index is 12.5. The Morgan fingerprint density at radius 1 is 1.21 bits per heavy atom. The molecule has 6 nitrogen and oxygen atoms in total. The number of hydrogen-bond acceptors (Lipinski definition) is 5. The molecule has 0 aliphatic heterocycles. The predicted octanol–water partition coefficient (Wildman–Crippen LogP) is 3.45. The summed E-state index contributed by atoms with van der Waals surface area (Å²) in [7, 11) is -1.70. The van der Waals surface area contributed by atoms with E-state index in [1.807, 2.05) is 6.07 Å². The molecular weight excluding hydrogens is 540 g/mol. The van der Waals surface area contributed by atoms with Gasteiger partial charge in [-0.15, -0.1) is 35.3 Å². The monoisotopic (exact) mass is 562 g/mol. The molecule has 2 aromatic rings. The van der Waals surface area contributed by atoms with Gasteiger partial charge in [-0.05, 0) is 12.0 Å². The number of benzene rings is 1. The van der Waals surface area contributed by atoms with Gasteiger partial charge in [0, 0.05) is 19.0 Å². The van der Waals surface area contributed by atoms with E-state index >= 15 is 0 Å². The fourth-order valence-electron chi connectivity index (χ4n) is 2.30. The van der Waals surface area contributed by atoms with Gasteiger partial charge >= 0.3 is 6.18 Å². The van der Waals surface area contributed by atoms with Crippen molar-refractivity contribution in [3.05, 3.63) is 52.0 Å². The van der Waals surface area contributed by atoms with Crippen molar-refractivity contribution >= 4 is 51.1 Å². The summed E-state index contributed by atoms with van der Waals surface area (Å²) in [5.41, 5.74) is -0.171. The molecule has 2 rings (SSSR count). The summed E-state index contributed by atoms with van der Waals surface area (Å²) in [4.78, 5) is 7.49. The van der Waals surface area contributed by atoms with Crippen LogP contribution in [0.5, 0.6) is 0 Å². The lowest BCUT2D eigenvalue weighted by atomic mass is 10.2. The summed E-state index contributed by atoms with van der Waals surface area (Å²) in [6.45, 7) is 0.450. The molecule has 1 aromatic heterocycles. The summed E-state index contributed by atoms with van der Waals surface area (Å²) < 4.78 is 61.9. The van der Waals surface area contributed by atoms with E-state index in [0.29, 0.717) is 18.9 Å². The number of alkyl halides is 3. The van der Waals surface area contributed by atoms with E-state index in [2.05, 4.69) is 20.6 Å². The lowest BCUT2D eigenvalue weighted by molar-refractivity contribution is -0.140. The van der Waals surface area contributed by atoms with Crippen LogP contribution in [0.1, 0.15) is 22.7 Å². The molecule has 0 fully saturated rings. The van der Waals surface area contributed by atoms with Crippen molar-refractivity contribution in [3.8, 4) is 0 Å². The summed E-state index contributed by atoms with van der Waals surface area (Å²) >= 11 is 0.906. The summed E-state index contributed by atoms with van der Waals surface area (Å²) in [6, 6.07) is 8.95. The maximum atomic E-state index is 12.5. The number of hydrogen-bond donors (Lipinski definition) is 2. The molecule has 1 heterocycles. The number of nitrogens with zero attached hydrogens (tertiary/aromatic N) is 2. The molecule has 0 unspecified atom stereocenters. The van der Waals surface area contributed by atoms with E-state index < -0.39 is 21.7 Å². The summed E-state index contributed by atoms with van der Waals surface area (Å²) in [6.07, 6.45) is -4.08. The average molecular weight is 562 g/mol. The lowest BCUT2D eigenvalue weighted by Gasteiger charge is -2.11. The normalized spacial score (nSPS) is 12.3. The van der Waals surface area contributed by atoms with E-state index in [0.717, 1.165) is 22.3 Å². The van der Waals surface area contributed by atoms with Gasteiger partial charge in [0.05, 0.1) is 18.1 Å². The maximum Gasteiger partial charge on any atom is 0.434 e. The molecule has 0 atom stereocenters. The number of nitrogens with one attached hydrogen (secondary N) is 2. The quantitative estimate of drug-likeness (QED) is 0.223. The number of aromatic nitrogens is 1. The van der Waals surface area contributed by atoms with Gasteiger partial charge in [-0.25, -0.2) is 13.4 Å². The molecule has 0 amide bonds. The Balaban J connectivity index is 0.00000420. The van der Waals surface area contributed by atoms with Crippen LogP contribution in [0.3, 0.4) is 0 Å². The Bertz CT molecular complexity index is 888. The van der Waals surface area contributed by atoms with E-state index in [1.54, 1.807) is 24.3 Å². The first-order valence-electron chi connectivity index (χ1n) is 8.40. The first-order valence-corrected chi connectivity index (χ1v) is 11.1. The third kappa shape index (κ3) is 9.30. The van der Waals surface area contributed by atoms with E-state index in [1.165, 1.54) is 7.05 Å². The van der Waals surface area contributed by atoms with Gasteiger partial charge in [-0.1, -0.05) is 30.3 Å². The average Bonchev–Trinajstić information content (AvgIpc) is 3.11. The van der Waals surface area contributed by atoms with E-state index in [4.69, 9.17) is 0 Å². The van der Waals surface area contributed by atoms with Gasteiger partial charge in [-0.2, -0.15) is 13.2 Å². The second kappa shape index (κ2) is 11.7. The second-order valence-electron chi connectivity index (χ2n) is 5.91. The van der Waals surface area contributed by atoms with Crippen molar-refractivity contribution in [2.45, 2.75) is 24.9 Å². The molecule has 1 aromatic carbocycles. The zero-order valence-electron chi connectivity index (χ0n) is 15.6. The Kier molecular flexibility index (Phi) is 10.3. The zero-order chi connectivity index (χ0) is 20.6. The molecule has 0 saturated carbocycles. The van der Waals surface area contributed by atoms with E-state index in [9.17, 15) is 21.6 Å². The number of rotatable bonds is 8. The van der Waals surface area contributed by atoms with Crippen LogP contribution in [-0.2, 0) is 28.3 Å². The molecule has 2 N–H and O–H groups in total. The van der Waals surface area contributed by atoms with Crippen LogP contribution >= 0.6 is 35.3 Å². The molecule has 0 aliphatic rings. The zero-order valence-corrected chi connectivity index (χ0v) is 19.5. The lowest BCUT2D eigenvalue weighted by Crippen LogP contribution is -2.37. The summed E-state index contributed by atoms with van der Waals surface area (Å²) in [5, 5.41) is 7.04. The minimum Gasteiger partial charge on any atom is -0.356 e. The molecule has 0 radical (unpaired) electrons. The van der Waals surface area contributed by atoms with Crippen LogP contribution in [-0.4, -0.2) is 38.7 Å². The van der Waals surface area contributed by atoms with Crippen molar-refractivity contribution in [2.75, 3.05) is 19.3 Å². The van der Waals surface area contributed by atoms with Crippen LogP contribution in [0, 0.1) is 0 Å². The van der Waals surface area contributed by atoms with Gasteiger partial charge in [0.2, 0.25) is 0 Å². The fraction of sp³-hybridized carbons (Fsp3) is 0.412. The standard InChI is InChI=1S/C17H21F3N4O2S2.HI/c1-21-16(23-10-15-24-14(11-27-15)17(18,19)20)22-8-5-9-28(25,26)12-13-6-3-2-4-7-13;/h2-4,6-7,11H,5,8-10,12H2,1H3,(H2,21,22,23);1H. The first-order chi connectivity index (χ1) is 13.2. The second-order valence-corrected chi connectivity index (χ2v) is 9.03. The van der Waals surface area contributed by atoms with E-state index in [-0.39, 0.29) is 47.0 Å². The molecule has 0 bridgehead atoms. The Labute approximate surface area is 189 Å². The van der Waals surface area contributed by atoms with Crippen molar-refractivity contribution in [1.82, 2.24) is 15.6 Å². The molecular formula is C17H22F3IN4O2S2. The minimum absolute atomic E-state index is 0.